The Morgan fingerprint density at radius 3 is 1.75 bits per heavy atom. The van der Waals surface area contributed by atoms with Crippen molar-refractivity contribution in [1.82, 2.24) is 0 Å². The highest BCUT2D eigenvalue weighted by atomic mass is 28.4. The van der Waals surface area contributed by atoms with Crippen LogP contribution in [0, 0.1) is 11.8 Å². The van der Waals surface area contributed by atoms with Crippen LogP contribution in [0.5, 0.6) is 0 Å². The molecule has 1 fully saturated rings. The maximum Gasteiger partial charge on any atom is 0.191 e. The highest BCUT2D eigenvalue weighted by molar-refractivity contribution is 6.74. The normalized spacial score (nSPS) is 26.4. The molecular weight excluding hydrogens is 330 g/mol. The van der Waals surface area contributed by atoms with E-state index in [0.717, 1.165) is 26.1 Å². The zero-order chi connectivity index (χ0) is 19.0. The largest absolute Gasteiger partial charge is 0.417 e. The van der Waals surface area contributed by atoms with Crippen molar-refractivity contribution in [2.75, 3.05) is 13.2 Å². The van der Waals surface area contributed by atoms with Crippen LogP contribution in [0.25, 0.3) is 0 Å². The molecule has 1 aliphatic rings. The van der Waals surface area contributed by atoms with Gasteiger partial charge in [-0.1, -0.05) is 41.5 Å². The van der Waals surface area contributed by atoms with Gasteiger partial charge in [-0.3, -0.25) is 0 Å². The lowest BCUT2D eigenvalue weighted by molar-refractivity contribution is 0.0539. The van der Waals surface area contributed by atoms with Crippen molar-refractivity contribution < 1.29 is 8.85 Å². The maximum absolute atomic E-state index is 6.43. The molecule has 0 aromatic rings. The Morgan fingerprint density at radius 2 is 1.33 bits per heavy atom. The number of nitrogens with two attached hydrogens (primary N) is 1. The zero-order valence-corrected chi connectivity index (χ0v) is 20.0. The molecule has 3 atom stereocenters. The molecule has 3 nitrogen and oxygen atoms in total. The molecule has 0 heterocycles. The van der Waals surface area contributed by atoms with Gasteiger partial charge in [-0.25, -0.2) is 0 Å². The molecule has 0 amide bonds. The summed E-state index contributed by atoms with van der Waals surface area (Å²) in [5.41, 5.74) is 6.29. The van der Waals surface area contributed by atoms with Gasteiger partial charge in [0.1, 0.15) is 0 Å². The first kappa shape index (κ1) is 22.4. The zero-order valence-electron chi connectivity index (χ0n) is 18.0. The third-order valence-corrected chi connectivity index (χ3v) is 16.0. The second-order valence-corrected chi connectivity index (χ2v) is 20.4. The van der Waals surface area contributed by atoms with Crippen LogP contribution in [0.3, 0.4) is 0 Å². The summed E-state index contributed by atoms with van der Waals surface area (Å²) in [7, 11) is -3.30. The van der Waals surface area contributed by atoms with Crippen LogP contribution in [-0.4, -0.2) is 35.9 Å². The molecule has 5 heteroatoms. The van der Waals surface area contributed by atoms with Gasteiger partial charge in [-0.2, -0.15) is 0 Å². The summed E-state index contributed by atoms with van der Waals surface area (Å²) in [5.74, 6) is 1.19. The van der Waals surface area contributed by atoms with Gasteiger partial charge in [0.05, 0.1) is 0 Å². The average Bonchev–Trinajstić information content (AvgIpc) is 2.36. The summed E-state index contributed by atoms with van der Waals surface area (Å²) >= 11 is 0. The molecule has 2 N–H and O–H groups in total. The Morgan fingerprint density at radius 1 is 0.875 bits per heavy atom. The Kier molecular flexibility index (Phi) is 7.00. The third kappa shape index (κ3) is 5.40. The van der Waals surface area contributed by atoms with Crippen molar-refractivity contribution in [1.29, 1.82) is 0 Å². The summed E-state index contributed by atoms with van der Waals surface area (Å²) in [4.78, 5) is 0. The molecule has 1 rings (SSSR count). The van der Waals surface area contributed by atoms with E-state index in [1.54, 1.807) is 0 Å². The van der Waals surface area contributed by atoms with Crippen molar-refractivity contribution in [2.45, 2.75) is 96.7 Å². The van der Waals surface area contributed by atoms with Crippen LogP contribution < -0.4 is 5.73 Å². The Balaban J connectivity index is 2.46. The molecular formula is C19H43NO2Si2. The highest BCUT2D eigenvalue weighted by Gasteiger charge is 2.43. The fourth-order valence-corrected chi connectivity index (χ4v) is 4.82. The predicted molar refractivity (Wildman–Crippen MR) is 110 cm³/mol. The van der Waals surface area contributed by atoms with Crippen LogP contribution in [0.4, 0.5) is 0 Å². The van der Waals surface area contributed by atoms with Crippen molar-refractivity contribution >= 4 is 16.6 Å². The van der Waals surface area contributed by atoms with Gasteiger partial charge in [0.15, 0.2) is 16.6 Å². The van der Waals surface area contributed by atoms with Crippen molar-refractivity contribution in [3.05, 3.63) is 0 Å². The Labute approximate surface area is 153 Å². The minimum Gasteiger partial charge on any atom is -0.417 e. The van der Waals surface area contributed by atoms with Crippen molar-refractivity contribution in [3.63, 3.8) is 0 Å². The van der Waals surface area contributed by atoms with Gasteiger partial charge < -0.3 is 14.6 Å². The first-order chi connectivity index (χ1) is 10.6. The van der Waals surface area contributed by atoms with Crippen LogP contribution in [0.1, 0.15) is 54.4 Å². The molecule has 0 aromatic heterocycles. The van der Waals surface area contributed by atoms with Crippen molar-refractivity contribution in [2.24, 2.45) is 17.6 Å². The number of hydrogen-bond acceptors (Lipinski definition) is 3. The molecule has 0 saturated heterocycles. The van der Waals surface area contributed by atoms with E-state index in [2.05, 4.69) is 67.7 Å². The molecule has 0 radical (unpaired) electrons. The predicted octanol–water partition coefficient (Wildman–Crippen LogP) is 5.38. The molecule has 0 aliphatic heterocycles. The Hall–Kier alpha value is 0.314. The van der Waals surface area contributed by atoms with Crippen molar-refractivity contribution in [3.8, 4) is 0 Å². The second-order valence-electron chi connectivity index (χ2n) is 10.8. The van der Waals surface area contributed by atoms with E-state index in [0.29, 0.717) is 17.9 Å². The highest BCUT2D eigenvalue weighted by Crippen LogP contribution is 2.41. The summed E-state index contributed by atoms with van der Waals surface area (Å²) < 4.78 is 12.8. The van der Waals surface area contributed by atoms with E-state index in [1.807, 2.05) is 0 Å². The Bertz CT molecular complexity index is 411. The minimum atomic E-state index is -1.65. The van der Waals surface area contributed by atoms with Crippen LogP contribution in [-0.2, 0) is 8.85 Å². The van der Waals surface area contributed by atoms with Crippen LogP contribution in [0.2, 0.25) is 36.3 Å². The lowest BCUT2D eigenvalue weighted by Gasteiger charge is -2.46. The van der Waals surface area contributed by atoms with E-state index in [1.165, 1.54) is 0 Å². The van der Waals surface area contributed by atoms with E-state index < -0.39 is 16.6 Å². The number of rotatable bonds is 7. The smallest absolute Gasteiger partial charge is 0.191 e. The molecule has 0 aromatic carbocycles. The van der Waals surface area contributed by atoms with Crippen LogP contribution >= 0.6 is 0 Å². The third-order valence-electron chi connectivity index (χ3n) is 6.92. The summed E-state index contributed by atoms with van der Waals surface area (Å²) in [6.45, 7) is 24.8. The molecule has 1 saturated carbocycles. The second kappa shape index (κ2) is 7.51. The lowest BCUT2D eigenvalue weighted by atomic mass is 9.68. The van der Waals surface area contributed by atoms with E-state index in [-0.39, 0.29) is 10.1 Å². The SMILES string of the molecule is CC(C)(C)[Si](C)(C)OCCC1C(N)CC1CO[Si](C)(C)C(C)(C)C. The number of hydrogen-bond donors (Lipinski definition) is 1. The molecule has 0 bridgehead atoms. The topological polar surface area (TPSA) is 44.5 Å². The van der Waals surface area contributed by atoms with E-state index in [4.69, 9.17) is 14.6 Å². The summed E-state index contributed by atoms with van der Waals surface area (Å²) in [5, 5.41) is 0.555. The first-order valence-electron chi connectivity index (χ1n) is 9.62. The quantitative estimate of drug-likeness (QED) is 0.609. The molecule has 3 unspecified atom stereocenters. The van der Waals surface area contributed by atoms with Gasteiger partial charge in [-0.15, -0.1) is 0 Å². The first-order valence-corrected chi connectivity index (χ1v) is 15.4. The van der Waals surface area contributed by atoms with E-state index in [9.17, 15) is 0 Å². The molecule has 144 valence electrons. The summed E-state index contributed by atoms with van der Waals surface area (Å²) in [6, 6.07) is 0.334. The van der Waals surface area contributed by atoms with Gasteiger partial charge in [0.2, 0.25) is 0 Å². The summed E-state index contributed by atoms with van der Waals surface area (Å²) in [6.07, 6.45) is 2.19. The van der Waals surface area contributed by atoms with Gasteiger partial charge >= 0.3 is 0 Å². The monoisotopic (exact) mass is 373 g/mol. The van der Waals surface area contributed by atoms with Crippen LogP contribution in [0.15, 0.2) is 0 Å². The standard InChI is InChI=1S/C19H43NO2Si2/c1-18(2,3)23(7,8)21-12-11-16-15(13-17(16)20)14-22-24(9,10)19(4,5)6/h15-17H,11-14,20H2,1-10H3. The van der Waals surface area contributed by atoms with Gasteiger partial charge in [-0.05, 0) is 60.9 Å². The maximum atomic E-state index is 6.43. The fourth-order valence-electron chi connectivity index (χ4n) is 2.69. The van der Waals surface area contributed by atoms with Gasteiger partial charge in [0, 0.05) is 19.3 Å². The average molecular weight is 374 g/mol. The minimum absolute atomic E-state index is 0.277. The lowest BCUT2D eigenvalue weighted by Crippen LogP contribution is -2.52. The molecule has 24 heavy (non-hydrogen) atoms. The van der Waals surface area contributed by atoms with Gasteiger partial charge in [0.25, 0.3) is 0 Å². The molecule has 0 spiro atoms. The fraction of sp³-hybridized carbons (Fsp3) is 1.00. The molecule has 1 aliphatic carbocycles. The van der Waals surface area contributed by atoms with E-state index >= 15 is 0 Å².